The number of nitrogens with zero attached hydrogens (tertiary/aromatic N) is 5. The zero-order valence-corrected chi connectivity index (χ0v) is 19.8. The van der Waals surface area contributed by atoms with Crippen molar-refractivity contribution in [2.45, 2.75) is 20.0 Å². The summed E-state index contributed by atoms with van der Waals surface area (Å²) in [5.74, 6) is 0. The largest absolute Gasteiger partial charge is 0.296 e. The van der Waals surface area contributed by atoms with E-state index in [9.17, 15) is 4.79 Å². The van der Waals surface area contributed by atoms with E-state index in [2.05, 4.69) is 16.1 Å². The molecule has 0 bridgehead atoms. The smallest absolute Gasteiger partial charge is 0.258 e. The molecular weight excluding hydrogens is 446 g/mol. The van der Waals surface area contributed by atoms with E-state index < -0.39 is 0 Å². The van der Waals surface area contributed by atoms with E-state index in [1.54, 1.807) is 10.5 Å². The van der Waals surface area contributed by atoms with Crippen molar-refractivity contribution in [2.24, 2.45) is 0 Å². The van der Waals surface area contributed by atoms with Gasteiger partial charge in [0.1, 0.15) is 5.65 Å². The monoisotopic (exact) mass is 469 g/mol. The first-order chi connectivity index (χ1) is 16.5. The summed E-state index contributed by atoms with van der Waals surface area (Å²) in [5.41, 5.74) is 6.30. The summed E-state index contributed by atoms with van der Waals surface area (Å²) in [6, 6.07) is 23.2. The second kappa shape index (κ2) is 9.25. The zero-order chi connectivity index (χ0) is 23.7. The van der Waals surface area contributed by atoms with Gasteiger partial charge in [-0.15, -0.1) is 0 Å². The molecule has 0 aliphatic rings. The van der Waals surface area contributed by atoms with Crippen LogP contribution in [-0.2, 0) is 13.1 Å². The summed E-state index contributed by atoms with van der Waals surface area (Å²) < 4.78 is 3.48. The number of aryl methyl sites for hydroxylation is 1. The van der Waals surface area contributed by atoms with Crippen LogP contribution in [0.25, 0.3) is 22.6 Å². The number of fused-ring (bicyclic) bond motifs is 1. The number of pyridine rings is 1. The van der Waals surface area contributed by atoms with Crippen LogP contribution in [0.5, 0.6) is 0 Å². The van der Waals surface area contributed by atoms with Gasteiger partial charge >= 0.3 is 0 Å². The average molecular weight is 470 g/mol. The Hall–Kier alpha value is -3.74. The molecule has 0 spiro atoms. The summed E-state index contributed by atoms with van der Waals surface area (Å²) in [4.78, 5) is 19.4. The molecule has 0 amide bonds. The molecule has 0 saturated heterocycles. The first-order valence-electron chi connectivity index (χ1n) is 11.0. The standard InChI is InChI=1S/C27H24ClN5O/c1-19-8-13-25-29-23(14-26(34)32(25)15-19)18-31(2)16-21-17-33(24-6-4-3-5-7-24)30-27(21)20-9-11-22(28)12-10-20/h3-15,17H,16,18H2,1-2H3. The molecule has 3 heterocycles. The molecule has 0 fully saturated rings. The van der Waals surface area contributed by atoms with Crippen molar-refractivity contribution in [1.82, 2.24) is 24.1 Å². The lowest BCUT2D eigenvalue weighted by molar-refractivity contribution is 0.315. The number of para-hydroxylation sites is 1. The molecule has 5 aromatic rings. The lowest BCUT2D eigenvalue weighted by Crippen LogP contribution is -2.22. The topological polar surface area (TPSA) is 55.4 Å². The lowest BCUT2D eigenvalue weighted by atomic mass is 10.1. The third-order valence-electron chi connectivity index (χ3n) is 5.66. The highest BCUT2D eigenvalue weighted by atomic mass is 35.5. The molecule has 3 aromatic heterocycles. The average Bonchev–Trinajstić information content (AvgIpc) is 3.24. The van der Waals surface area contributed by atoms with Crippen LogP contribution >= 0.6 is 11.6 Å². The molecule has 0 saturated carbocycles. The van der Waals surface area contributed by atoms with Gasteiger partial charge in [0.15, 0.2) is 0 Å². The summed E-state index contributed by atoms with van der Waals surface area (Å²) in [6.07, 6.45) is 3.87. The van der Waals surface area contributed by atoms with Crippen molar-refractivity contribution in [3.05, 3.63) is 117 Å². The van der Waals surface area contributed by atoms with Crippen molar-refractivity contribution in [2.75, 3.05) is 7.05 Å². The fraction of sp³-hybridized carbons (Fsp3) is 0.148. The molecule has 34 heavy (non-hydrogen) atoms. The van der Waals surface area contributed by atoms with Gasteiger partial charge in [-0.25, -0.2) is 9.67 Å². The van der Waals surface area contributed by atoms with Crippen molar-refractivity contribution >= 4 is 17.2 Å². The molecule has 0 radical (unpaired) electrons. The normalized spacial score (nSPS) is 11.4. The highest BCUT2D eigenvalue weighted by Gasteiger charge is 2.15. The SMILES string of the molecule is Cc1ccc2nc(CN(C)Cc3cn(-c4ccccc4)nc3-c3ccc(Cl)cc3)cc(=O)n2c1. The van der Waals surface area contributed by atoms with Gasteiger partial charge in [-0.1, -0.05) is 48.0 Å². The van der Waals surface area contributed by atoms with Crippen LogP contribution in [0, 0.1) is 6.92 Å². The molecule has 0 unspecified atom stereocenters. The van der Waals surface area contributed by atoms with E-state index in [1.165, 1.54) is 0 Å². The van der Waals surface area contributed by atoms with Crippen molar-refractivity contribution < 1.29 is 0 Å². The van der Waals surface area contributed by atoms with E-state index >= 15 is 0 Å². The maximum Gasteiger partial charge on any atom is 0.258 e. The van der Waals surface area contributed by atoms with Crippen LogP contribution in [0.1, 0.15) is 16.8 Å². The Kier molecular flexibility index (Phi) is 6.01. The lowest BCUT2D eigenvalue weighted by Gasteiger charge is -2.16. The Morgan fingerprint density at radius 2 is 1.71 bits per heavy atom. The van der Waals surface area contributed by atoms with Crippen LogP contribution in [0.3, 0.4) is 0 Å². The van der Waals surface area contributed by atoms with Crippen LogP contribution in [0.4, 0.5) is 0 Å². The number of benzene rings is 2. The highest BCUT2D eigenvalue weighted by molar-refractivity contribution is 6.30. The Labute approximate surface area is 202 Å². The second-order valence-electron chi connectivity index (χ2n) is 8.48. The number of rotatable bonds is 6. The molecule has 5 rings (SSSR count). The summed E-state index contributed by atoms with van der Waals surface area (Å²) in [7, 11) is 2.02. The number of aromatic nitrogens is 4. The third kappa shape index (κ3) is 4.64. The first-order valence-corrected chi connectivity index (χ1v) is 11.4. The minimum atomic E-state index is -0.0733. The summed E-state index contributed by atoms with van der Waals surface area (Å²) in [6.45, 7) is 3.14. The number of hydrogen-bond donors (Lipinski definition) is 0. The van der Waals surface area contributed by atoms with Crippen LogP contribution in [0.15, 0.2) is 90.0 Å². The van der Waals surface area contributed by atoms with Gasteiger partial charge in [0.05, 0.1) is 17.1 Å². The van der Waals surface area contributed by atoms with Crippen LogP contribution in [0.2, 0.25) is 5.02 Å². The van der Waals surface area contributed by atoms with Crippen LogP contribution in [-0.4, -0.2) is 31.1 Å². The molecule has 0 atom stereocenters. The fourth-order valence-corrected chi connectivity index (χ4v) is 4.18. The molecule has 0 aliphatic carbocycles. The number of halogens is 1. The predicted octanol–water partition coefficient (Wildman–Crippen LogP) is 5.14. The maximum absolute atomic E-state index is 12.6. The molecule has 6 nitrogen and oxygen atoms in total. The first kappa shape index (κ1) is 22.1. The molecule has 0 N–H and O–H groups in total. The van der Waals surface area contributed by atoms with Crippen molar-refractivity contribution in [3.8, 4) is 16.9 Å². The molecule has 170 valence electrons. The minimum absolute atomic E-state index is 0.0733. The van der Waals surface area contributed by atoms with Crippen molar-refractivity contribution in [1.29, 1.82) is 0 Å². The van der Waals surface area contributed by atoms with Crippen LogP contribution < -0.4 is 5.56 Å². The van der Waals surface area contributed by atoms with Gasteiger partial charge in [-0.2, -0.15) is 5.10 Å². The molecular formula is C27H24ClN5O. The highest BCUT2D eigenvalue weighted by Crippen LogP contribution is 2.26. The number of hydrogen-bond acceptors (Lipinski definition) is 4. The molecule has 0 aliphatic heterocycles. The Morgan fingerprint density at radius 3 is 2.47 bits per heavy atom. The third-order valence-corrected chi connectivity index (χ3v) is 5.91. The van der Waals surface area contributed by atoms with E-state index in [0.29, 0.717) is 23.8 Å². The van der Waals surface area contributed by atoms with Gasteiger partial charge in [0, 0.05) is 47.7 Å². The minimum Gasteiger partial charge on any atom is -0.296 e. The Morgan fingerprint density at radius 1 is 0.941 bits per heavy atom. The van der Waals surface area contributed by atoms with E-state index in [0.717, 1.165) is 33.8 Å². The predicted molar refractivity (Wildman–Crippen MR) is 135 cm³/mol. The van der Waals surface area contributed by atoms with Gasteiger partial charge in [-0.05, 0) is 49.9 Å². The Balaban J connectivity index is 1.45. The van der Waals surface area contributed by atoms with E-state index in [-0.39, 0.29) is 5.56 Å². The molecule has 7 heteroatoms. The van der Waals surface area contributed by atoms with Crippen molar-refractivity contribution in [3.63, 3.8) is 0 Å². The Bertz CT molecular complexity index is 1510. The van der Waals surface area contributed by atoms with Gasteiger partial charge in [-0.3, -0.25) is 14.1 Å². The maximum atomic E-state index is 12.6. The quantitative estimate of drug-likeness (QED) is 0.345. The summed E-state index contributed by atoms with van der Waals surface area (Å²) in [5, 5.41) is 5.57. The summed E-state index contributed by atoms with van der Waals surface area (Å²) >= 11 is 6.11. The molecule has 2 aromatic carbocycles. The van der Waals surface area contributed by atoms with Gasteiger partial charge < -0.3 is 0 Å². The second-order valence-corrected chi connectivity index (χ2v) is 8.92. The fourth-order valence-electron chi connectivity index (χ4n) is 4.05. The van der Waals surface area contributed by atoms with Gasteiger partial charge in [0.25, 0.3) is 5.56 Å². The zero-order valence-electron chi connectivity index (χ0n) is 19.0. The van der Waals surface area contributed by atoms with E-state index in [4.69, 9.17) is 16.7 Å². The van der Waals surface area contributed by atoms with E-state index in [1.807, 2.05) is 91.6 Å². The van der Waals surface area contributed by atoms with Gasteiger partial charge in [0.2, 0.25) is 0 Å².